The molecule has 0 atom stereocenters. The summed E-state index contributed by atoms with van der Waals surface area (Å²) in [6.07, 6.45) is 7.20. The van der Waals surface area contributed by atoms with E-state index in [-0.39, 0.29) is 5.43 Å². The molecule has 2 aliphatic rings. The van der Waals surface area contributed by atoms with Gasteiger partial charge in [-0.2, -0.15) is 35.1 Å². The maximum absolute atomic E-state index is 5.62. The summed E-state index contributed by atoms with van der Waals surface area (Å²) in [6, 6.07) is 13.2. The van der Waals surface area contributed by atoms with Crippen molar-refractivity contribution in [3.8, 4) is 0 Å². The molecule has 0 bridgehead atoms. The van der Waals surface area contributed by atoms with E-state index in [0.717, 1.165) is 0 Å². The first kappa shape index (κ1) is 26.1. The van der Waals surface area contributed by atoms with Gasteiger partial charge < -0.3 is 0 Å². The number of hydrogen-bond donors (Lipinski definition) is 0. The maximum atomic E-state index is 5.62. The molecule has 0 nitrogen and oxygen atoms in total. The van der Waals surface area contributed by atoms with Crippen LogP contribution >= 0.6 is 17.0 Å². The Morgan fingerprint density at radius 3 is 1.37 bits per heavy atom. The number of aryl methyl sites for hydroxylation is 2. The monoisotopic (exact) mass is 536 g/mol. The normalized spacial score (nSPS) is 16.5. The average Bonchev–Trinajstić information content (AvgIpc) is 3.11. The first-order valence-corrected chi connectivity index (χ1v) is 23.2. The molecule has 0 aliphatic heterocycles. The van der Waals surface area contributed by atoms with E-state index < -0.39 is 18.0 Å². The molecule has 2 aromatic carbocycles. The van der Waals surface area contributed by atoms with Gasteiger partial charge in [-0.25, -0.2) is 0 Å². The molecule has 0 unspecified atom stereocenters. The van der Waals surface area contributed by atoms with Crippen LogP contribution in [0, 0.1) is 37.5 Å². The van der Waals surface area contributed by atoms with Crippen molar-refractivity contribution in [3.05, 3.63) is 82.6 Å². The van der Waals surface area contributed by atoms with Crippen LogP contribution in [0.25, 0.3) is 0 Å². The number of rotatable bonds is 0. The Morgan fingerprint density at radius 1 is 0.767 bits per heavy atom. The third-order valence-corrected chi connectivity index (χ3v) is 25.3. The van der Waals surface area contributed by atoms with Crippen LogP contribution in [-0.2, 0) is 30.8 Å². The molecule has 0 fully saturated rings. The van der Waals surface area contributed by atoms with E-state index in [9.17, 15) is 0 Å². The Kier molecular flexibility index (Phi) is 9.27. The molecule has 2 aliphatic carbocycles. The third kappa shape index (κ3) is 7.47. The van der Waals surface area contributed by atoms with Crippen molar-refractivity contribution < 1.29 is 18.0 Å². The van der Waals surface area contributed by atoms with Crippen LogP contribution in [0.1, 0.15) is 61.1 Å². The zero-order valence-corrected chi connectivity index (χ0v) is 24.8. The van der Waals surface area contributed by atoms with E-state index in [1.54, 1.807) is 0 Å². The van der Waals surface area contributed by atoms with E-state index in [1.807, 2.05) is 0 Å². The number of fused-ring (bicyclic) bond motifs is 2. The van der Waals surface area contributed by atoms with Crippen LogP contribution in [0.4, 0.5) is 0 Å². The first-order valence-electron chi connectivity index (χ1n) is 10.7. The van der Waals surface area contributed by atoms with Gasteiger partial charge in [0, 0.05) is 0 Å². The van der Waals surface area contributed by atoms with E-state index in [1.165, 1.54) is 46.2 Å². The Bertz CT molecular complexity index is 845. The number of benzene rings is 2. The molecule has 0 spiro atoms. The fourth-order valence-electron chi connectivity index (χ4n) is 4.07. The summed E-state index contributed by atoms with van der Waals surface area (Å²) in [5.41, 5.74) is 9.32. The molecule has 0 aromatic heterocycles. The van der Waals surface area contributed by atoms with Crippen LogP contribution in [0.3, 0.4) is 0 Å². The van der Waals surface area contributed by atoms with Gasteiger partial charge >= 0.3 is 53.5 Å². The molecule has 0 heterocycles. The van der Waals surface area contributed by atoms with Gasteiger partial charge in [0.25, 0.3) is 0 Å². The summed E-state index contributed by atoms with van der Waals surface area (Å²) in [7, 11) is 11.2. The van der Waals surface area contributed by atoms with Gasteiger partial charge in [0.2, 0.25) is 0 Å². The Hall–Kier alpha value is -0.140. The first-order chi connectivity index (χ1) is 13.8. The summed E-state index contributed by atoms with van der Waals surface area (Å²) in [4.78, 5) is 0. The van der Waals surface area contributed by atoms with Gasteiger partial charge in [-0.3, -0.25) is 0 Å². The minimum Gasteiger partial charge on any atom is -0.185 e. The smallest absolute Gasteiger partial charge is 0.0676 e. The van der Waals surface area contributed by atoms with Crippen LogP contribution < -0.4 is 0 Å². The van der Waals surface area contributed by atoms with Gasteiger partial charge in [-0.05, 0) is 0 Å². The van der Waals surface area contributed by atoms with E-state index >= 15 is 0 Å². The molecule has 164 valence electrons. The van der Waals surface area contributed by atoms with Crippen molar-refractivity contribution in [2.24, 2.45) is 10.8 Å². The van der Waals surface area contributed by atoms with Crippen LogP contribution in [0.15, 0.2) is 36.4 Å². The fraction of sp³-hybridized carbons (Fsp3) is 0.462. The topological polar surface area (TPSA) is 0 Å². The zero-order valence-electron chi connectivity index (χ0n) is 19.8. The van der Waals surface area contributed by atoms with Crippen LogP contribution in [0.5, 0.6) is 0 Å². The largest absolute Gasteiger partial charge is 0.185 e. The zero-order chi connectivity index (χ0) is 22.7. The maximum Gasteiger partial charge on any atom is -0.0676 e. The van der Waals surface area contributed by atoms with Gasteiger partial charge in [0.1, 0.15) is 0 Å². The molecule has 0 N–H and O–H groups in total. The van der Waals surface area contributed by atoms with Gasteiger partial charge in [0.15, 0.2) is 0 Å². The molecule has 0 radical (unpaired) electrons. The third-order valence-electron chi connectivity index (χ3n) is 5.57. The number of hydrogen-bond acceptors (Lipinski definition) is 0. The van der Waals surface area contributed by atoms with E-state index in [0.29, 0.717) is 10.8 Å². The predicted octanol–water partition coefficient (Wildman–Crippen LogP) is 8.42. The molecule has 2 aromatic rings. The van der Waals surface area contributed by atoms with E-state index in [2.05, 4.69) is 104 Å². The summed E-state index contributed by atoms with van der Waals surface area (Å²) in [5.74, 6) is 0. The van der Waals surface area contributed by atoms with Crippen molar-refractivity contribution in [3.63, 3.8) is 0 Å². The SMILES string of the molecule is C[Si](C)=[Zr]([Cl])[Cl].Cc1cccc2c1[CH-]C(C)(C)C2.Cc1cccc2c1[CH-]C(C)(C)C2. The van der Waals surface area contributed by atoms with Crippen LogP contribution in [0.2, 0.25) is 13.1 Å². The Morgan fingerprint density at radius 2 is 1.10 bits per heavy atom. The molecular formula is C26H36Cl2SiZr-2. The minimum absolute atomic E-state index is 0.224. The van der Waals surface area contributed by atoms with Crippen molar-refractivity contribution in [1.82, 2.24) is 0 Å². The van der Waals surface area contributed by atoms with Gasteiger partial charge in [0.05, 0.1) is 0 Å². The minimum atomic E-state index is -1.65. The number of halogens is 2. The second kappa shape index (κ2) is 10.7. The second-order valence-electron chi connectivity index (χ2n) is 10.2. The van der Waals surface area contributed by atoms with E-state index in [4.69, 9.17) is 17.0 Å². The summed E-state index contributed by atoms with van der Waals surface area (Å²) >= 11 is -1.65. The summed E-state index contributed by atoms with van der Waals surface area (Å²) in [6.45, 7) is 17.9. The van der Waals surface area contributed by atoms with Crippen LogP contribution in [-0.4, -0.2) is 5.43 Å². The fourth-order valence-corrected chi connectivity index (χ4v) is 4.07. The molecule has 4 rings (SSSR count). The standard InChI is InChI=1S/2C12H15.C2H6Si.2ClH.Zr/c2*1-9-5-4-6-10-7-12(2,3)8-11(9)10;1-3-2;;;/h2*4-6,8H,7H2,1-3H3;1-2H3;2*1H;/q2*-1;;;;+2/p-2. The predicted molar refractivity (Wildman–Crippen MR) is 133 cm³/mol. The van der Waals surface area contributed by atoms with Crippen molar-refractivity contribution in [2.75, 3.05) is 0 Å². The molecule has 0 amide bonds. The van der Waals surface area contributed by atoms with Crippen molar-refractivity contribution in [2.45, 2.75) is 67.5 Å². The Labute approximate surface area is 200 Å². The van der Waals surface area contributed by atoms with Crippen molar-refractivity contribution >= 4 is 22.5 Å². The average molecular weight is 539 g/mol. The van der Waals surface area contributed by atoms with Gasteiger partial charge in [-0.1, -0.05) is 77.3 Å². The quantitative estimate of drug-likeness (QED) is 0.233. The molecule has 30 heavy (non-hydrogen) atoms. The summed E-state index contributed by atoms with van der Waals surface area (Å²) in [5, 5.41) is 0. The molecule has 4 heteroatoms. The molecular weight excluding hydrogens is 503 g/mol. The molecule has 0 saturated heterocycles. The second-order valence-corrected chi connectivity index (χ2v) is 33.2. The Balaban J connectivity index is 0.000000171. The van der Waals surface area contributed by atoms with Gasteiger partial charge in [-0.15, -0.1) is 35.4 Å². The van der Waals surface area contributed by atoms with Crippen molar-refractivity contribution in [1.29, 1.82) is 0 Å². The molecule has 0 saturated carbocycles. The summed E-state index contributed by atoms with van der Waals surface area (Å²) < 4.78 is 0.